The Kier molecular flexibility index (Phi) is 3.63. The summed E-state index contributed by atoms with van der Waals surface area (Å²) in [5.74, 6) is 1.43. The molecule has 6 nitrogen and oxygen atoms in total. The van der Waals surface area contributed by atoms with Crippen molar-refractivity contribution in [1.82, 2.24) is 15.1 Å². The lowest BCUT2D eigenvalue weighted by Crippen LogP contribution is -2.40. The molecule has 1 saturated heterocycles. The van der Waals surface area contributed by atoms with Gasteiger partial charge in [-0.05, 0) is 44.4 Å². The molecule has 2 heterocycles. The van der Waals surface area contributed by atoms with E-state index in [4.69, 9.17) is 0 Å². The summed E-state index contributed by atoms with van der Waals surface area (Å²) < 4.78 is 0. The molecule has 0 bridgehead atoms. The number of nitrogens with zero attached hydrogens (tertiary/aromatic N) is 3. The number of aryl methyl sites for hydroxylation is 1. The van der Waals surface area contributed by atoms with Crippen LogP contribution in [-0.2, 0) is 9.59 Å². The summed E-state index contributed by atoms with van der Waals surface area (Å²) in [6.45, 7) is 2.76. The van der Waals surface area contributed by atoms with E-state index in [-0.39, 0.29) is 23.8 Å². The van der Waals surface area contributed by atoms with Gasteiger partial charge in [-0.2, -0.15) is 0 Å². The minimum absolute atomic E-state index is 0.153. The van der Waals surface area contributed by atoms with Crippen LogP contribution in [0.25, 0.3) is 0 Å². The van der Waals surface area contributed by atoms with Gasteiger partial charge in [0.2, 0.25) is 16.9 Å². The summed E-state index contributed by atoms with van der Waals surface area (Å²) in [4.78, 5) is 26.7. The van der Waals surface area contributed by atoms with E-state index in [1.54, 1.807) is 0 Å². The minimum Gasteiger partial charge on any atom is -0.336 e. The third kappa shape index (κ3) is 2.65. The Balaban J connectivity index is 1.31. The molecule has 7 heteroatoms. The molecule has 2 amide bonds. The first-order chi connectivity index (χ1) is 11.1. The minimum atomic E-state index is -0.154. The summed E-state index contributed by atoms with van der Waals surface area (Å²) in [5, 5.41) is 11.8. The maximum atomic E-state index is 12.6. The van der Waals surface area contributed by atoms with Gasteiger partial charge in [-0.3, -0.25) is 9.59 Å². The largest absolute Gasteiger partial charge is 0.336 e. The molecule has 0 radical (unpaired) electrons. The average molecular weight is 334 g/mol. The van der Waals surface area contributed by atoms with Crippen molar-refractivity contribution in [3.63, 3.8) is 0 Å². The number of fused-ring (bicyclic) bond motifs is 2. The predicted octanol–water partition coefficient (Wildman–Crippen LogP) is 2.36. The lowest BCUT2D eigenvalue weighted by molar-refractivity contribution is -0.134. The van der Waals surface area contributed by atoms with Gasteiger partial charge < -0.3 is 10.2 Å². The van der Waals surface area contributed by atoms with Crippen LogP contribution < -0.4 is 5.32 Å². The first-order valence-corrected chi connectivity index (χ1v) is 9.30. The highest BCUT2D eigenvalue weighted by atomic mass is 32.1. The summed E-state index contributed by atoms with van der Waals surface area (Å²) in [5.41, 5.74) is 0.172. The van der Waals surface area contributed by atoms with Gasteiger partial charge in [0.15, 0.2) is 0 Å². The number of hydrogen-bond acceptors (Lipinski definition) is 5. The van der Waals surface area contributed by atoms with Gasteiger partial charge in [0, 0.05) is 24.9 Å². The molecule has 124 valence electrons. The SMILES string of the molecule is Cc1nnc(NC(=O)CCC(=O)N2C[C@@H]3CCC[C@@H]3C23CC3)s1. The molecule has 1 spiro atoms. The van der Waals surface area contributed by atoms with Gasteiger partial charge in [-0.15, -0.1) is 10.2 Å². The Morgan fingerprint density at radius 3 is 2.83 bits per heavy atom. The zero-order chi connectivity index (χ0) is 16.0. The van der Waals surface area contributed by atoms with E-state index < -0.39 is 0 Å². The average Bonchev–Trinajstić information content (AvgIpc) is 2.85. The summed E-state index contributed by atoms with van der Waals surface area (Å²) in [6.07, 6.45) is 6.72. The Bertz CT molecular complexity index is 640. The van der Waals surface area contributed by atoms with Crippen LogP contribution in [-0.4, -0.2) is 39.0 Å². The van der Waals surface area contributed by atoms with E-state index in [2.05, 4.69) is 20.4 Å². The number of rotatable bonds is 4. The molecule has 4 rings (SSSR count). The van der Waals surface area contributed by atoms with Gasteiger partial charge in [0.1, 0.15) is 5.01 Å². The second-order valence-electron chi connectivity index (χ2n) is 7.08. The lowest BCUT2D eigenvalue weighted by atomic mass is 9.92. The van der Waals surface area contributed by atoms with Crippen molar-refractivity contribution in [2.24, 2.45) is 11.8 Å². The first kappa shape index (κ1) is 15.1. The molecule has 1 N–H and O–H groups in total. The molecule has 2 aliphatic carbocycles. The number of amides is 2. The standard InChI is InChI=1S/C16H22N4O2S/c1-10-18-19-15(23-10)17-13(21)5-6-14(22)20-9-11-3-2-4-12(11)16(20)7-8-16/h11-12H,2-9H2,1H3,(H,17,19,21)/t11-,12-/m0/s1. The Morgan fingerprint density at radius 2 is 2.13 bits per heavy atom. The molecule has 0 unspecified atom stereocenters. The van der Waals surface area contributed by atoms with Crippen molar-refractivity contribution in [2.45, 2.75) is 57.4 Å². The first-order valence-electron chi connectivity index (χ1n) is 8.49. The molecule has 1 aromatic heterocycles. The molecule has 0 aromatic carbocycles. The van der Waals surface area contributed by atoms with E-state index in [9.17, 15) is 9.59 Å². The van der Waals surface area contributed by atoms with Crippen LogP contribution in [0.2, 0.25) is 0 Å². The molecule has 23 heavy (non-hydrogen) atoms. The Morgan fingerprint density at radius 1 is 1.30 bits per heavy atom. The van der Waals surface area contributed by atoms with Crippen LogP contribution in [0.15, 0.2) is 0 Å². The molecule has 2 saturated carbocycles. The summed E-state index contributed by atoms with van der Waals surface area (Å²) >= 11 is 1.35. The van der Waals surface area contributed by atoms with Crippen LogP contribution >= 0.6 is 11.3 Å². The third-order valence-corrected chi connectivity index (χ3v) is 6.46. The lowest BCUT2D eigenvalue weighted by Gasteiger charge is -2.28. The zero-order valence-electron chi connectivity index (χ0n) is 13.4. The number of anilines is 1. The molecule has 3 fully saturated rings. The van der Waals surface area contributed by atoms with Gasteiger partial charge in [-0.1, -0.05) is 17.8 Å². The maximum absolute atomic E-state index is 12.6. The van der Waals surface area contributed by atoms with Gasteiger partial charge in [0.25, 0.3) is 0 Å². The second-order valence-corrected chi connectivity index (χ2v) is 8.26. The maximum Gasteiger partial charge on any atom is 0.226 e. The number of aromatic nitrogens is 2. The quantitative estimate of drug-likeness (QED) is 0.917. The van der Waals surface area contributed by atoms with Crippen molar-refractivity contribution in [3.8, 4) is 0 Å². The number of nitrogens with one attached hydrogen (secondary N) is 1. The number of carbonyl (C=O) groups is 2. The number of carbonyl (C=O) groups excluding carboxylic acids is 2. The van der Waals surface area contributed by atoms with Gasteiger partial charge >= 0.3 is 0 Å². The van der Waals surface area contributed by atoms with Crippen molar-refractivity contribution in [3.05, 3.63) is 5.01 Å². The van der Waals surface area contributed by atoms with Crippen LogP contribution in [0, 0.1) is 18.8 Å². The fourth-order valence-electron chi connectivity index (χ4n) is 4.58. The molecule has 1 aliphatic heterocycles. The molecule has 2 atom stereocenters. The molecular weight excluding hydrogens is 312 g/mol. The second kappa shape index (κ2) is 5.54. The number of hydrogen-bond donors (Lipinski definition) is 1. The smallest absolute Gasteiger partial charge is 0.226 e. The predicted molar refractivity (Wildman–Crippen MR) is 87.0 cm³/mol. The zero-order valence-corrected chi connectivity index (χ0v) is 14.2. The van der Waals surface area contributed by atoms with Crippen LogP contribution in [0.1, 0.15) is 50.0 Å². The summed E-state index contributed by atoms with van der Waals surface area (Å²) in [6, 6.07) is 0. The fourth-order valence-corrected chi connectivity index (χ4v) is 5.19. The normalized spacial score (nSPS) is 27.3. The topological polar surface area (TPSA) is 75.2 Å². The Hall–Kier alpha value is -1.50. The van der Waals surface area contributed by atoms with Gasteiger partial charge in [0.05, 0.1) is 0 Å². The number of likely N-dealkylation sites (tertiary alicyclic amines) is 1. The fraction of sp³-hybridized carbons (Fsp3) is 0.750. The molecule has 1 aromatic rings. The van der Waals surface area contributed by atoms with Crippen molar-refractivity contribution in [2.75, 3.05) is 11.9 Å². The molecule has 3 aliphatic rings. The summed E-state index contributed by atoms with van der Waals surface area (Å²) in [7, 11) is 0. The van der Waals surface area contributed by atoms with Crippen LogP contribution in [0.5, 0.6) is 0 Å². The monoisotopic (exact) mass is 334 g/mol. The Labute approximate surface area is 139 Å². The highest BCUT2D eigenvalue weighted by Gasteiger charge is 2.62. The van der Waals surface area contributed by atoms with E-state index in [1.165, 1.54) is 30.6 Å². The highest BCUT2D eigenvalue weighted by Crippen LogP contribution is 2.60. The van der Waals surface area contributed by atoms with Crippen molar-refractivity contribution in [1.29, 1.82) is 0 Å². The molecular formula is C16H22N4O2S. The highest BCUT2D eigenvalue weighted by molar-refractivity contribution is 7.15. The third-order valence-electron chi connectivity index (χ3n) is 5.71. The van der Waals surface area contributed by atoms with Crippen molar-refractivity contribution < 1.29 is 9.59 Å². The van der Waals surface area contributed by atoms with Crippen LogP contribution in [0.4, 0.5) is 5.13 Å². The van der Waals surface area contributed by atoms with E-state index >= 15 is 0 Å². The van der Waals surface area contributed by atoms with Crippen molar-refractivity contribution >= 4 is 28.3 Å². The van der Waals surface area contributed by atoms with E-state index in [1.807, 2.05) is 6.92 Å². The van der Waals surface area contributed by atoms with Crippen LogP contribution in [0.3, 0.4) is 0 Å². The van der Waals surface area contributed by atoms with E-state index in [0.29, 0.717) is 17.5 Å². The van der Waals surface area contributed by atoms with E-state index in [0.717, 1.165) is 30.3 Å². The van der Waals surface area contributed by atoms with Gasteiger partial charge in [-0.25, -0.2) is 0 Å².